The maximum absolute atomic E-state index is 6.48. The summed E-state index contributed by atoms with van der Waals surface area (Å²) in [5.41, 5.74) is 15.4. The average molecular weight is 829 g/mol. The number of hydrogen-bond acceptors (Lipinski definition) is 2. The van der Waals surface area contributed by atoms with Gasteiger partial charge in [0, 0.05) is 49.7 Å². The molecule has 0 bridgehead atoms. The Morgan fingerprint density at radius 3 is 1.58 bits per heavy atom. The summed E-state index contributed by atoms with van der Waals surface area (Å²) in [6.45, 7) is 0. The predicted octanol–water partition coefficient (Wildman–Crippen LogP) is 17.5. The van der Waals surface area contributed by atoms with Crippen molar-refractivity contribution in [2.45, 2.75) is 0 Å². The molecule has 0 saturated heterocycles. The van der Waals surface area contributed by atoms with E-state index in [1.165, 1.54) is 60.0 Å². The first kappa shape index (κ1) is 36.9. The van der Waals surface area contributed by atoms with Gasteiger partial charge in [-0.3, -0.25) is 0 Å². The summed E-state index contributed by atoms with van der Waals surface area (Å²) in [6.07, 6.45) is 0. The van der Waals surface area contributed by atoms with Gasteiger partial charge in [0.1, 0.15) is 11.2 Å². The lowest BCUT2D eigenvalue weighted by molar-refractivity contribution is 0.670. The lowest BCUT2D eigenvalue weighted by atomic mass is 9.93. The SMILES string of the molecule is c1cc(-c2cc3ccccc3c3ccccc23)cc(N(c2ccc(-c3ccccc3-n3c4ccccc4c4ccccc43)cc2)c2ccc(-c3cccc4c3oc3ccccc34)cc2)c1. The van der Waals surface area contributed by atoms with E-state index in [0.29, 0.717) is 0 Å². The van der Waals surface area contributed by atoms with Gasteiger partial charge >= 0.3 is 0 Å². The smallest absolute Gasteiger partial charge is 0.143 e. The highest BCUT2D eigenvalue weighted by Crippen LogP contribution is 2.43. The summed E-state index contributed by atoms with van der Waals surface area (Å²) < 4.78 is 8.89. The first-order valence-corrected chi connectivity index (χ1v) is 22.2. The number of para-hydroxylation sites is 5. The molecule has 0 fully saturated rings. The van der Waals surface area contributed by atoms with Crippen LogP contribution in [-0.2, 0) is 0 Å². The second kappa shape index (κ2) is 15.0. The van der Waals surface area contributed by atoms with Crippen molar-refractivity contribution in [3.63, 3.8) is 0 Å². The Bertz CT molecular complexity index is 3900. The topological polar surface area (TPSA) is 21.3 Å². The van der Waals surface area contributed by atoms with E-state index >= 15 is 0 Å². The van der Waals surface area contributed by atoms with Crippen molar-refractivity contribution in [3.8, 4) is 39.1 Å². The maximum Gasteiger partial charge on any atom is 0.143 e. The molecule has 0 amide bonds. The molecule has 0 radical (unpaired) electrons. The van der Waals surface area contributed by atoms with E-state index in [-0.39, 0.29) is 0 Å². The van der Waals surface area contributed by atoms with Gasteiger partial charge in [-0.1, -0.05) is 176 Å². The second-order valence-electron chi connectivity index (χ2n) is 16.8. The molecular weight excluding hydrogens is 789 g/mol. The van der Waals surface area contributed by atoms with Crippen LogP contribution in [-0.4, -0.2) is 4.57 Å². The van der Waals surface area contributed by atoms with Crippen molar-refractivity contribution in [1.82, 2.24) is 4.57 Å². The monoisotopic (exact) mass is 828 g/mol. The molecule has 0 N–H and O–H groups in total. The number of anilines is 3. The van der Waals surface area contributed by atoms with Crippen LogP contribution < -0.4 is 4.90 Å². The fraction of sp³-hybridized carbons (Fsp3) is 0. The third-order valence-electron chi connectivity index (χ3n) is 13.2. The summed E-state index contributed by atoms with van der Waals surface area (Å²) in [4.78, 5) is 2.38. The highest BCUT2D eigenvalue weighted by Gasteiger charge is 2.19. The number of hydrogen-bond donors (Lipinski definition) is 0. The normalized spacial score (nSPS) is 11.7. The second-order valence-corrected chi connectivity index (χ2v) is 16.8. The highest BCUT2D eigenvalue weighted by molar-refractivity contribution is 6.14. The Morgan fingerprint density at radius 1 is 0.308 bits per heavy atom. The number of nitrogens with zero attached hydrogens (tertiary/aromatic N) is 2. The van der Waals surface area contributed by atoms with Crippen LogP contribution in [0.4, 0.5) is 17.1 Å². The summed E-state index contributed by atoms with van der Waals surface area (Å²) in [7, 11) is 0. The summed E-state index contributed by atoms with van der Waals surface area (Å²) in [5, 5.41) is 9.76. The molecule has 0 spiro atoms. The van der Waals surface area contributed by atoms with Crippen molar-refractivity contribution >= 4 is 82.4 Å². The first-order chi connectivity index (χ1) is 32.2. The van der Waals surface area contributed by atoms with Crippen molar-refractivity contribution in [2.24, 2.45) is 0 Å². The Balaban J connectivity index is 0.951. The lowest BCUT2D eigenvalue weighted by Gasteiger charge is -2.27. The van der Waals surface area contributed by atoms with Crippen LogP contribution in [0.25, 0.3) is 104 Å². The molecule has 13 aromatic rings. The van der Waals surface area contributed by atoms with E-state index in [1.54, 1.807) is 0 Å². The molecule has 3 nitrogen and oxygen atoms in total. The van der Waals surface area contributed by atoms with Crippen LogP contribution in [0, 0.1) is 0 Å². The van der Waals surface area contributed by atoms with E-state index in [0.717, 1.165) is 61.4 Å². The van der Waals surface area contributed by atoms with Crippen molar-refractivity contribution in [1.29, 1.82) is 0 Å². The average Bonchev–Trinajstić information content (AvgIpc) is 3.93. The molecule has 3 heteroatoms. The number of aromatic nitrogens is 1. The number of furan rings is 1. The highest BCUT2D eigenvalue weighted by atomic mass is 16.3. The van der Waals surface area contributed by atoms with E-state index in [1.807, 2.05) is 12.1 Å². The predicted molar refractivity (Wildman–Crippen MR) is 274 cm³/mol. The first-order valence-electron chi connectivity index (χ1n) is 22.2. The third kappa shape index (κ3) is 6.05. The molecule has 0 atom stereocenters. The summed E-state index contributed by atoms with van der Waals surface area (Å²) >= 11 is 0. The van der Waals surface area contributed by atoms with E-state index in [9.17, 15) is 0 Å². The minimum absolute atomic E-state index is 0.901. The van der Waals surface area contributed by atoms with Gasteiger partial charge in [-0.25, -0.2) is 0 Å². The maximum atomic E-state index is 6.48. The van der Waals surface area contributed by atoms with Crippen LogP contribution in [0.3, 0.4) is 0 Å². The molecule has 0 aliphatic rings. The van der Waals surface area contributed by atoms with Gasteiger partial charge in [0.25, 0.3) is 0 Å². The minimum atomic E-state index is 0.901. The van der Waals surface area contributed by atoms with Crippen molar-refractivity contribution < 1.29 is 4.42 Å². The summed E-state index contributed by atoms with van der Waals surface area (Å²) in [5.74, 6) is 0. The minimum Gasteiger partial charge on any atom is -0.455 e. The fourth-order valence-electron chi connectivity index (χ4n) is 10.2. The Hall–Kier alpha value is -8.66. The molecule has 0 unspecified atom stereocenters. The number of fused-ring (bicyclic) bond motifs is 9. The quantitative estimate of drug-likeness (QED) is 0.149. The summed E-state index contributed by atoms with van der Waals surface area (Å²) in [6, 6.07) is 87.7. The van der Waals surface area contributed by atoms with Crippen LogP contribution in [0.5, 0.6) is 0 Å². The van der Waals surface area contributed by atoms with E-state index in [2.05, 4.69) is 240 Å². The largest absolute Gasteiger partial charge is 0.455 e. The zero-order valence-corrected chi connectivity index (χ0v) is 35.4. The number of benzene rings is 11. The molecule has 11 aromatic carbocycles. The molecule has 304 valence electrons. The van der Waals surface area contributed by atoms with Gasteiger partial charge in [0.05, 0.1) is 16.7 Å². The van der Waals surface area contributed by atoms with Crippen LogP contribution >= 0.6 is 0 Å². The van der Waals surface area contributed by atoms with E-state index < -0.39 is 0 Å². The molecule has 0 aliphatic carbocycles. The van der Waals surface area contributed by atoms with Crippen LogP contribution in [0.15, 0.2) is 247 Å². The molecular formula is C62H40N2O. The molecule has 2 heterocycles. The standard InChI is InChI=1S/C62H40N2O/c1-2-18-48-44(15-1)40-57(52-21-4-3-20-51(48)52)43-16-13-17-47(39-43)63(46-37-33-42(34-38-46)50-25-14-26-56-55-24-8-12-30-61(55)65-62(50)56)45-35-31-41(32-36-45)49-19-5-9-27-58(49)64-59-28-10-6-22-53(59)54-23-7-11-29-60(54)64/h1-40H. The van der Waals surface area contributed by atoms with Gasteiger partial charge < -0.3 is 13.9 Å². The van der Waals surface area contributed by atoms with Crippen LogP contribution in [0.2, 0.25) is 0 Å². The van der Waals surface area contributed by atoms with Crippen LogP contribution in [0.1, 0.15) is 0 Å². The van der Waals surface area contributed by atoms with Gasteiger partial charge in [-0.05, 0) is 111 Å². The van der Waals surface area contributed by atoms with Gasteiger partial charge in [0.15, 0.2) is 0 Å². The Morgan fingerprint density at radius 2 is 0.846 bits per heavy atom. The molecule has 13 rings (SSSR count). The van der Waals surface area contributed by atoms with Gasteiger partial charge in [-0.15, -0.1) is 0 Å². The molecule has 2 aromatic heterocycles. The van der Waals surface area contributed by atoms with Gasteiger partial charge in [0.2, 0.25) is 0 Å². The van der Waals surface area contributed by atoms with Gasteiger partial charge in [-0.2, -0.15) is 0 Å². The third-order valence-corrected chi connectivity index (χ3v) is 13.2. The zero-order valence-electron chi connectivity index (χ0n) is 35.4. The zero-order chi connectivity index (χ0) is 42.8. The van der Waals surface area contributed by atoms with Crippen molar-refractivity contribution in [2.75, 3.05) is 4.90 Å². The van der Waals surface area contributed by atoms with E-state index in [4.69, 9.17) is 4.42 Å². The number of rotatable bonds is 7. The lowest BCUT2D eigenvalue weighted by Crippen LogP contribution is -2.10. The molecule has 0 aliphatic heterocycles. The Kier molecular flexibility index (Phi) is 8.53. The fourth-order valence-corrected chi connectivity index (χ4v) is 10.2. The molecule has 0 saturated carbocycles. The van der Waals surface area contributed by atoms with Crippen molar-refractivity contribution in [3.05, 3.63) is 243 Å². The Labute approximate surface area is 376 Å². The molecule has 65 heavy (non-hydrogen) atoms.